The molecule has 0 amide bonds. The van der Waals surface area contributed by atoms with Crippen LogP contribution in [0.4, 0.5) is 10.2 Å². The largest absolute Gasteiger partial charge is 0.184 e. The Hall–Kier alpha value is -1.31. The Bertz CT molecular complexity index is 306. The number of allylic oxidation sites excluding steroid dienone is 1. The lowest BCUT2D eigenvalue weighted by Crippen LogP contribution is -2.02. The van der Waals surface area contributed by atoms with E-state index < -0.39 is 0 Å². The molecule has 11 heavy (non-hydrogen) atoms. The fraction of sp³-hybridized carbons (Fsp3) is 0.111. The first-order valence-electron chi connectivity index (χ1n) is 3.50. The third-order valence-corrected chi connectivity index (χ3v) is 1.88. The molecule has 0 unspecified atom stereocenters. The molecule has 0 radical (unpaired) electrons. The number of nitrogens with zero attached hydrogens (tertiary/aromatic N) is 1. The van der Waals surface area contributed by atoms with E-state index >= 15 is 0 Å². The first-order valence-corrected chi connectivity index (χ1v) is 3.50. The highest BCUT2D eigenvalue weighted by molar-refractivity contribution is 5.61. The lowest BCUT2D eigenvalue weighted by Gasteiger charge is -2.05. The number of para-hydroxylation sites is 1. The average Bonchev–Trinajstić information content (AvgIpc) is 2.30. The Balaban J connectivity index is 2.55. The van der Waals surface area contributed by atoms with Gasteiger partial charge in [-0.15, -0.1) is 0 Å². The third-order valence-electron chi connectivity index (χ3n) is 1.88. The Labute approximate surface area is 64.7 Å². The van der Waals surface area contributed by atoms with Crippen LogP contribution in [-0.4, -0.2) is 0 Å². The van der Waals surface area contributed by atoms with E-state index in [-0.39, 0.29) is 0 Å². The lowest BCUT2D eigenvalue weighted by molar-refractivity contribution is 0.487. The van der Waals surface area contributed by atoms with Crippen LogP contribution in [0.1, 0.15) is 5.56 Å². The van der Waals surface area contributed by atoms with Gasteiger partial charge in [0.1, 0.15) is 0 Å². The van der Waals surface area contributed by atoms with Crippen molar-refractivity contribution in [1.29, 1.82) is 0 Å². The van der Waals surface area contributed by atoms with Gasteiger partial charge in [0.15, 0.2) is 0 Å². The maximum absolute atomic E-state index is 13.0. The van der Waals surface area contributed by atoms with Crippen molar-refractivity contribution in [2.45, 2.75) is 6.42 Å². The van der Waals surface area contributed by atoms with E-state index in [0.29, 0.717) is 22.9 Å². The summed E-state index contributed by atoms with van der Waals surface area (Å²) in [7, 11) is 0. The highest BCUT2D eigenvalue weighted by atomic mass is 19.2. The Morgan fingerprint density at radius 3 is 2.82 bits per heavy atom. The Kier molecular flexibility index (Phi) is 1.22. The fourth-order valence-corrected chi connectivity index (χ4v) is 1.31. The van der Waals surface area contributed by atoms with Crippen LogP contribution in [0.5, 0.6) is 0 Å². The minimum Gasteiger partial charge on any atom is -0.184 e. The van der Waals surface area contributed by atoms with Gasteiger partial charge in [-0.3, -0.25) is 0 Å². The van der Waals surface area contributed by atoms with Crippen molar-refractivity contribution < 1.29 is 4.48 Å². The molecule has 0 N–H and O–H groups in total. The average molecular weight is 149 g/mol. The maximum Gasteiger partial charge on any atom is 0.0778 e. The molecule has 0 bridgehead atoms. The van der Waals surface area contributed by atoms with Crippen LogP contribution in [0, 0.1) is 0 Å². The number of rotatable bonds is 0. The second kappa shape index (κ2) is 2.09. The normalized spacial score (nSPS) is 15.4. The molecule has 1 aromatic carbocycles. The zero-order chi connectivity index (χ0) is 7.84. The fourth-order valence-electron chi connectivity index (χ4n) is 1.31. The summed E-state index contributed by atoms with van der Waals surface area (Å²) in [6.07, 6.45) is 0.632. The van der Waals surface area contributed by atoms with Crippen molar-refractivity contribution in [3.05, 3.63) is 42.1 Å². The zero-order valence-electron chi connectivity index (χ0n) is 6.05. The van der Waals surface area contributed by atoms with Crippen LogP contribution in [0.15, 0.2) is 36.5 Å². The molecule has 1 heterocycles. The molecule has 1 aromatic rings. The van der Waals surface area contributed by atoms with Crippen LogP contribution >= 0.6 is 0 Å². The van der Waals surface area contributed by atoms with Gasteiger partial charge >= 0.3 is 0 Å². The zero-order valence-corrected chi connectivity index (χ0v) is 6.05. The molecule has 0 aliphatic carbocycles. The number of anilines is 1. The minimum absolute atomic E-state index is 0.520. The maximum atomic E-state index is 13.0. The summed E-state index contributed by atoms with van der Waals surface area (Å²) in [5.41, 5.74) is 2.17. The van der Waals surface area contributed by atoms with Gasteiger partial charge in [-0.1, -0.05) is 29.3 Å². The molecule has 56 valence electrons. The van der Waals surface area contributed by atoms with E-state index in [1.807, 2.05) is 18.2 Å². The predicted octanol–water partition coefficient (Wildman–Crippen LogP) is 2.45. The first kappa shape index (κ1) is 6.40. The van der Waals surface area contributed by atoms with E-state index in [9.17, 15) is 4.48 Å². The van der Waals surface area contributed by atoms with Crippen LogP contribution in [0.3, 0.4) is 0 Å². The second-order valence-corrected chi connectivity index (χ2v) is 2.65. The minimum atomic E-state index is 0.520. The van der Waals surface area contributed by atoms with E-state index in [1.165, 1.54) is 0 Å². The monoisotopic (exact) mass is 149 g/mol. The molecule has 0 spiro atoms. The summed E-state index contributed by atoms with van der Waals surface area (Å²) in [5.74, 6) is 0. The highest BCUT2D eigenvalue weighted by Gasteiger charge is 2.21. The van der Waals surface area contributed by atoms with Crippen molar-refractivity contribution in [1.82, 2.24) is 0 Å². The van der Waals surface area contributed by atoms with Gasteiger partial charge in [0.25, 0.3) is 0 Å². The van der Waals surface area contributed by atoms with Crippen molar-refractivity contribution >= 4 is 5.69 Å². The van der Waals surface area contributed by atoms with Crippen molar-refractivity contribution in [3.63, 3.8) is 0 Å². The standard InChI is InChI=1S/C9H8FN/c1-7-6-8-4-2-3-5-9(8)11(7)10/h2-5H,1,6H2. The summed E-state index contributed by atoms with van der Waals surface area (Å²) in [6.45, 7) is 3.60. The van der Waals surface area contributed by atoms with Crippen LogP contribution in [0.2, 0.25) is 0 Å². The van der Waals surface area contributed by atoms with Gasteiger partial charge < -0.3 is 0 Å². The van der Waals surface area contributed by atoms with Crippen molar-refractivity contribution in [2.75, 3.05) is 5.12 Å². The summed E-state index contributed by atoms with van der Waals surface area (Å²) >= 11 is 0. The lowest BCUT2D eigenvalue weighted by atomic mass is 10.2. The molecule has 0 fully saturated rings. The molecule has 1 nitrogen and oxygen atoms in total. The van der Waals surface area contributed by atoms with E-state index in [0.717, 1.165) is 5.56 Å². The van der Waals surface area contributed by atoms with Crippen molar-refractivity contribution in [2.24, 2.45) is 0 Å². The number of fused-ring (bicyclic) bond motifs is 1. The van der Waals surface area contributed by atoms with Gasteiger partial charge in [0, 0.05) is 12.1 Å². The molecule has 0 atom stereocenters. The highest BCUT2D eigenvalue weighted by Crippen LogP contribution is 2.33. The first-order chi connectivity index (χ1) is 5.29. The molecule has 2 heteroatoms. The van der Waals surface area contributed by atoms with Crippen LogP contribution in [-0.2, 0) is 6.42 Å². The molecule has 0 saturated heterocycles. The van der Waals surface area contributed by atoms with Crippen LogP contribution < -0.4 is 5.12 Å². The molecular weight excluding hydrogens is 141 g/mol. The van der Waals surface area contributed by atoms with Gasteiger partial charge in [0.05, 0.1) is 5.69 Å². The Morgan fingerprint density at radius 2 is 2.09 bits per heavy atom. The topological polar surface area (TPSA) is 3.24 Å². The molecule has 2 rings (SSSR count). The quantitative estimate of drug-likeness (QED) is 0.512. The summed E-state index contributed by atoms with van der Waals surface area (Å²) in [5, 5.41) is 0.648. The van der Waals surface area contributed by atoms with Crippen molar-refractivity contribution in [3.8, 4) is 0 Å². The molecule has 1 aliphatic rings. The van der Waals surface area contributed by atoms with E-state index in [4.69, 9.17) is 0 Å². The summed E-state index contributed by atoms with van der Waals surface area (Å²) in [6, 6.07) is 7.41. The van der Waals surface area contributed by atoms with E-state index in [2.05, 4.69) is 6.58 Å². The molecule has 0 saturated carbocycles. The second-order valence-electron chi connectivity index (χ2n) is 2.65. The number of hydrogen-bond donors (Lipinski definition) is 0. The number of benzene rings is 1. The van der Waals surface area contributed by atoms with Gasteiger partial charge in [0.2, 0.25) is 0 Å². The third kappa shape index (κ3) is 0.827. The number of halogens is 1. The van der Waals surface area contributed by atoms with Gasteiger partial charge in [-0.2, -0.15) is 5.12 Å². The molecular formula is C9H8FN. The summed E-state index contributed by atoms with van der Waals surface area (Å²) in [4.78, 5) is 0. The SMILES string of the molecule is C=C1Cc2ccccc2N1F. The van der Waals surface area contributed by atoms with Gasteiger partial charge in [-0.05, 0) is 11.6 Å². The Morgan fingerprint density at radius 1 is 1.36 bits per heavy atom. The van der Waals surface area contributed by atoms with Crippen LogP contribution in [0.25, 0.3) is 0 Å². The number of hydrogen-bond acceptors (Lipinski definition) is 1. The smallest absolute Gasteiger partial charge is 0.0778 e. The molecule has 0 aromatic heterocycles. The van der Waals surface area contributed by atoms with Gasteiger partial charge in [-0.25, -0.2) is 0 Å². The summed E-state index contributed by atoms with van der Waals surface area (Å²) < 4.78 is 13.0. The van der Waals surface area contributed by atoms with E-state index in [1.54, 1.807) is 6.07 Å². The molecule has 1 aliphatic heterocycles. The predicted molar refractivity (Wildman–Crippen MR) is 42.9 cm³/mol.